The summed E-state index contributed by atoms with van der Waals surface area (Å²) in [5, 5.41) is 7.52. The molecule has 0 saturated carbocycles. The molecule has 1 aromatic carbocycles. The standard InChI is InChI=1S/C22H32N4O5S/c1-7-9-26(14(2)3)10-8-23-21(28)16-13-32-22(24-16)25-20(27)15-11-18(30-5)19(31-6)12-17(15)29-4/h11-14H,7-10H2,1-6H3,(H,23,28)(H,24,25,27). The average Bonchev–Trinajstić information content (AvgIpc) is 3.25. The Morgan fingerprint density at radius 2 is 1.69 bits per heavy atom. The zero-order valence-corrected chi connectivity index (χ0v) is 20.3. The van der Waals surface area contributed by atoms with Crippen LogP contribution in [-0.4, -0.2) is 68.7 Å². The highest BCUT2D eigenvalue weighted by molar-refractivity contribution is 7.14. The molecule has 2 N–H and O–H groups in total. The van der Waals surface area contributed by atoms with Gasteiger partial charge in [0.25, 0.3) is 11.8 Å². The Labute approximate surface area is 193 Å². The second kappa shape index (κ2) is 12.3. The summed E-state index contributed by atoms with van der Waals surface area (Å²) in [6, 6.07) is 3.53. The maximum atomic E-state index is 12.8. The number of hydrogen-bond donors (Lipinski definition) is 2. The molecule has 0 radical (unpaired) electrons. The molecule has 0 aliphatic carbocycles. The topological polar surface area (TPSA) is 102 Å². The summed E-state index contributed by atoms with van der Waals surface area (Å²) in [4.78, 5) is 31.8. The lowest BCUT2D eigenvalue weighted by atomic mass is 10.1. The summed E-state index contributed by atoms with van der Waals surface area (Å²) in [5.74, 6) is 0.471. The third-order valence-corrected chi connectivity index (χ3v) is 5.59. The van der Waals surface area contributed by atoms with Gasteiger partial charge in [-0.2, -0.15) is 0 Å². The summed E-state index contributed by atoms with van der Waals surface area (Å²) in [7, 11) is 4.45. The van der Waals surface area contributed by atoms with Gasteiger partial charge in [-0.25, -0.2) is 4.98 Å². The van der Waals surface area contributed by atoms with Crippen LogP contribution in [0.4, 0.5) is 5.13 Å². The van der Waals surface area contributed by atoms with Crippen LogP contribution in [0.1, 0.15) is 48.0 Å². The lowest BCUT2D eigenvalue weighted by Crippen LogP contribution is -2.39. The van der Waals surface area contributed by atoms with Gasteiger partial charge in [-0.3, -0.25) is 19.8 Å². The minimum atomic E-state index is -0.434. The number of rotatable bonds is 12. The number of aromatic nitrogens is 1. The number of carbonyl (C=O) groups is 2. The normalized spacial score (nSPS) is 10.9. The summed E-state index contributed by atoms with van der Waals surface area (Å²) < 4.78 is 15.8. The monoisotopic (exact) mass is 464 g/mol. The summed E-state index contributed by atoms with van der Waals surface area (Å²) >= 11 is 1.17. The molecule has 32 heavy (non-hydrogen) atoms. The molecule has 0 fully saturated rings. The first-order chi connectivity index (χ1) is 15.3. The molecular formula is C22H32N4O5S. The van der Waals surface area contributed by atoms with E-state index in [-0.39, 0.29) is 17.2 Å². The first-order valence-electron chi connectivity index (χ1n) is 10.4. The zero-order chi connectivity index (χ0) is 23.7. The Kier molecular flexibility index (Phi) is 9.73. The largest absolute Gasteiger partial charge is 0.496 e. The number of thiazole rings is 1. The Morgan fingerprint density at radius 3 is 2.28 bits per heavy atom. The lowest BCUT2D eigenvalue weighted by Gasteiger charge is -2.25. The maximum absolute atomic E-state index is 12.8. The van der Waals surface area contributed by atoms with E-state index < -0.39 is 5.91 Å². The minimum Gasteiger partial charge on any atom is -0.496 e. The van der Waals surface area contributed by atoms with Crippen LogP contribution in [0.5, 0.6) is 17.2 Å². The first kappa shape index (κ1) is 25.4. The van der Waals surface area contributed by atoms with Gasteiger partial charge in [0, 0.05) is 36.6 Å². The van der Waals surface area contributed by atoms with Crippen molar-refractivity contribution < 1.29 is 23.8 Å². The molecule has 0 bridgehead atoms. The third-order valence-electron chi connectivity index (χ3n) is 4.83. The Hall–Kier alpha value is -2.85. The van der Waals surface area contributed by atoms with Crippen molar-refractivity contribution in [2.45, 2.75) is 33.2 Å². The van der Waals surface area contributed by atoms with E-state index in [0.717, 1.165) is 19.5 Å². The number of methoxy groups -OCH3 is 3. The number of carbonyl (C=O) groups excluding carboxylic acids is 2. The van der Waals surface area contributed by atoms with Gasteiger partial charge in [0.05, 0.1) is 26.9 Å². The van der Waals surface area contributed by atoms with Crippen molar-refractivity contribution in [1.29, 1.82) is 0 Å². The van der Waals surface area contributed by atoms with Crippen LogP contribution < -0.4 is 24.8 Å². The predicted octanol–water partition coefficient (Wildman–Crippen LogP) is 3.27. The second-order valence-corrected chi connectivity index (χ2v) is 8.14. The van der Waals surface area contributed by atoms with E-state index in [1.54, 1.807) is 11.4 Å². The number of nitrogens with one attached hydrogen (secondary N) is 2. The number of nitrogens with zero attached hydrogens (tertiary/aromatic N) is 2. The molecule has 2 rings (SSSR count). The molecule has 0 spiro atoms. The van der Waals surface area contributed by atoms with Crippen molar-refractivity contribution in [2.75, 3.05) is 46.3 Å². The van der Waals surface area contributed by atoms with Crippen molar-refractivity contribution in [2.24, 2.45) is 0 Å². The molecule has 2 amide bonds. The van der Waals surface area contributed by atoms with E-state index in [1.165, 1.54) is 38.7 Å². The number of ether oxygens (including phenoxy) is 3. The van der Waals surface area contributed by atoms with E-state index >= 15 is 0 Å². The number of amides is 2. The van der Waals surface area contributed by atoms with Gasteiger partial charge < -0.3 is 19.5 Å². The van der Waals surface area contributed by atoms with Crippen molar-refractivity contribution in [3.63, 3.8) is 0 Å². The highest BCUT2D eigenvalue weighted by atomic mass is 32.1. The van der Waals surface area contributed by atoms with Crippen molar-refractivity contribution >= 4 is 28.3 Å². The fourth-order valence-corrected chi connectivity index (χ4v) is 3.81. The molecule has 0 saturated heterocycles. The third kappa shape index (κ3) is 6.57. The molecule has 0 atom stereocenters. The summed E-state index contributed by atoms with van der Waals surface area (Å²) in [6.45, 7) is 8.69. The molecule has 10 heteroatoms. The van der Waals surface area contributed by atoms with E-state index in [1.807, 2.05) is 0 Å². The molecule has 1 heterocycles. The molecule has 1 aromatic heterocycles. The molecule has 176 valence electrons. The van der Waals surface area contributed by atoms with Crippen LogP contribution in [0.3, 0.4) is 0 Å². The number of benzene rings is 1. The molecule has 0 aliphatic heterocycles. The second-order valence-electron chi connectivity index (χ2n) is 7.29. The van der Waals surface area contributed by atoms with Gasteiger partial charge >= 0.3 is 0 Å². The van der Waals surface area contributed by atoms with E-state index in [0.29, 0.717) is 35.0 Å². The average molecular weight is 465 g/mol. The first-order valence-corrected chi connectivity index (χ1v) is 11.3. The van der Waals surface area contributed by atoms with Gasteiger partial charge in [0.2, 0.25) is 0 Å². The van der Waals surface area contributed by atoms with Gasteiger partial charge in [0.1, 0.15) is 11.4 Å². The van der Waals surface area contributed by atoms with E-state index in [4.69, 9.17) is 14.2 Å². The van der Waals surface area contributed by atoms with E-state index in [2.05, 4.69) is 41.3 Å². The molecule has 9 nitrogen and oxygen atoms in total. The quantitative estimate of drug-likeness (QED) is 0.497. The fourth-order valence-electron chi connectivity index (χ4n) is 3.13. The van der Waals surface area contributed by atoms with Gasteiger partial charge in [0.15, 0.2) is 16.6 Å². The van der Waals surface area contributed by atoms with Crippen molar-refractivity contribution in [1.82, 2.24) is 15.2 Å². The minimum absolute atomic E-state index is 0.260. The maximum Gasteiger partial charge on any atom is 0.270 e. The SMILES string of the molecule is CCCN(CCNC(=O)c1csc(NC(=O)c2cc(OC)c(OC)cc2OC)n1)C(C)C. The van der Waals surface area contributed by atoms with Crippen LogP contribution >= 0.6 is 11.3 Å². The molecule has 2 aromatic rings. The number of hydrogen-bond acceptors (Lipinski definition) is 8. The van der Waals surface area contributed by atoms with E-state index in [9.17, 15) is 9.59 Å². The van der Waals surface area contributed by atoms with Crippen molar-refractivity contribution in [3.05, 3.63) is 28.8 Å². The van der Waals surface area contributed by atoms with Gasteiger partial charge in [-0.15, -0.1) is 11.3 Å². The van der Waals surface area contributed by atoms with Crippen LogP contribution in [-0.2, 0) is 0 Å². The zero-order valence-electron chi connectivity index (χ0n) is 19.5. The summed E-state index contributed by atoms with van der Waals surface area (Å²) in [5.41, 5.74) is 0.521. The summed E-state index contributed by atoms with van der Waals surface area (Å²) in [6.07, 6.45) is 1.06. The smallest absolute Gasteiger partial charge is 0.270 e. The highest BCUT2D eigenvalue weighted by Gasteiger charge is 2.20. The van der Waals surface area contributed by atoms with Crippen LogP contribution in [0.25, 0.3) is 0 Å². The Bertz CT molecular complexity index is 916. The van der Waals surface area contributed by atoms with Crippen LogP contribution in [0, 0.1) is 0 Å². The highest BCUT2D eigenvalue weighted by Crippen LogP contribution is 2.35. The number of anilines is 1. The predicted molar refractivity (Wildman–Crippen MR) is 125 cm³/mol. The lowest BCUT2D eigenvalue weighted by molar-refractivity contribution is 0.0939. The fraction of sp³-hybridized carbons (Fsp3) is 0.500. The van der Waals surface area contributed by atoms with Crippen molar-refractivity contribution in [3.8, 4) is 17.2 Å². The molecule has 0 aliphatic rings. The van der Waals surface area contributed by atoms with Gasteiger partial charge in [-0.1, -0.05) is 6.92 Å². The Morgan fingerprint density at radius 1 is 1.03 bits per heavy atom. The molecule has 0 unspecified atom stereocenters. The van der Waals surface area contributed by atoms with Gasteiger partial charge in [-0.05, 0) is 26.8 Å². The molecular weight excluding hydrogens is 432 g/mol. The van der Waals surface area contributed by atoms with Crippen LogP contribution in [0.15, 0.2) is 17.5 Å². The van der Waals surface area contributed by atoms with Crippen LogP contribution in [0.2, 0.25) is 0 Å². The Balaban J connectivity index is 2.02.